The molecule has 0 bridgehead atoms. The van der Waals surface area contributed by atoms with Crippen molar-refractivity contribution in [3.05, 3.63) is 220 Å². The largest absolute Gasteiger partial charge is 0.242 e. The van der Waals surface area contributed by atoms with Crippen molar-refractivity contribution >= 4 is 77.0 Å². The Balaban J connectivity index is 1.31. The fraction of sp³-hybridized carbons (Fsp3) is 0.125. The van der Waals surface area contributed by atoms with E-state index >= 15 is 0 Å². The van der Waals surface area contributed by atoms with Crippen LogP contribution in [0.2, 0.25) is 0 Å². The standard InChI is InChI=1S/C64H51B/c1-38-32-40(3)63(41(4)33-38)65(64-42(5)34-39(2)35-43(64)6)60-37-59(52-27-15-21-46-18-9-12-24-49(46)52)55-29-28-53-57(50-25-13-19-44-16-7-10-22-47(44)50)36-58(54-30-31-56(60)62(55)61(53)54)51-26-14-20-45-17-8-11-23-48(45)51/h7-29,32-37H,30-31H2,1-6H3. The van der Waals surface area contributed by atoms with Gasteiger partial charge in [0.2, 0.25) is 6.71 Å². The van der Waals surface area contributed by atoms with Gasteiger partial charge in [0, 0.05) is 0 Å². The second kappa shape index (κ2) is 15.2. The van der Waals surface area contributed by atoms with E-state index in [-0.39, 0.29) is 6.71 Å². The van der Waals surface area contributed by atoms with Crippen LogP contribution >= 0.6 is 0 Å². The molecule has 12 rings (SSSR count). The zero-order valence-corrected chi connectivity index (χ0v) is 38.2. The summed E-state index contributed by atoms with van der Waals surface area (Å²) in [6.45, 7) is 13.9. The molecular weight excluding hydrogens is 780 g/mol. The lowest BCUT2D eigenvalue weighted by Crippen LogP contribution is -2.57. The molecule has 0 saturated heterocycles. The van der Waals surface area contributed by atoms with E-state index < -0.39 is 0 Å². The van der Waals surface area contributed by atoms with Crippen LogP contribution in [-0.2, 0) is 12.8 Å². The van der Waals surface area contributed by atoms with Gasteiger partial charge in [0.25, 0.3) is 0 Å². The molecule has 0 fully saturated rings. The van der Waals surface area contributed by atoms with Crippen LogP contribution in [-0.4, -0.2) is 6.71 Å². The summed E-state index contributed by atoms with van der Waals surface area (Å²) < 4.78 is 0. The third-order valence-electron chi connectivity index (χ3n) is 14.9. The van der Waals surface area contributed by atoms with Gasteiger partial charge in [0.15, 0.2) is 0 Å². The fourth-order valence-corrected chi connectivity index (χ4v) is 12.4. The van der Waals surface area contributed by atoms with E-state index in [0.717, 1.165) is 12.8 Å². The second-order valence-corrected chi connectivity index (χ2v) is 19.0. The molecule has 0 radical (unpaired) electrons. The van der Waals surface area contributed by atoms with Crippen molar-refractivity contribution in [1.29, 1.82) is 0 Å². The molecule has 0 saturated carbocycles. The summed E-state index contributed by atoms with van der Waals surface area (Å²) in [4.78, 5) is 0. The van der Waals surface area contributed by atoms with Crippen molar-refractivity contribution in [3.63, 3.8) is 0 Å². The predicted molar refractivity (Wildman–Crippen MR) is 284 cm³/mol. The minimum absolute atomic E-state index is 0.0416. The molecule has 0 unspecified atom stereocenters. The van der Waals surface area contributed by atoms with Gasteiger partial charge in [0.1, 0.15) is 0 Å². The number of rotatable bonds is 6. The summed E-state index contributed by atoms with van der Waals surface area (Å²) in [7, 11) is 0. The number of aryl methyl sites for hydroxylation is 8. The highest BCUT2D eigenvalue weighted by molar-refractivity contribution is 6.97. The predicted octanol–water partition coefficient (Wildman–Crippen LogP) is 14.9. The maximum atomic E-state index is 2.64. The van der Waals surface area contributed by atoms with Crippen molar-refractivity contribution in [3.8, 4) is 33.4 Å². The molecule has 0 amide bonds. The van der Waals surface area contributed by atoms with Gasteiger partial charge in [-0.05, 0) is 159 Å². The van der Waals surface area contributed by atoms with Crippen molar-refractivity contribution in [2.45, 2.75) is 54.4 Å². The molecule has 11 aromatic rings. The third kappa shape index (κ3) is 6.20. The van der Waals surface area contributed by atoms with Gasteiger partial charge < -0.3 is 0 Å². The van der Waals surface area contributed by atoms with Gasteiger partial charge in [-0.2, -0.15) is 0 Å². The van der Waals surface area contributed by atoms with E-state index in [4.69, 9.17) is 0 Å². The Morgan fingerprint density at radius 3 is 1.14 bits per heavy atom. The molecule has 0 nitrogen and oxygen atoms in total. The van der Waals surface area contributed by atoms with Crippen LogP contribution in [0, 0.1) is 41.5 Å². The normalized spacial score (nSPS) is 12.3. The summed E-state index contributed by atoms with van der Waals surface area (Å²) >= 11 is 0. The molecule has 65 heavy (non-hydrogen) atoms. The first kappa shape index (κ1) is 39.4. The van der Waals surface area contributed by atoms with E-state index in [0.29, 0.717) is 0 Å². The van der Waals surface area contributed by atoms with Crippen LogP contribution in [0.1, 0.15) is 44.5 Å². The van der Waals surface area contributed by atoms with Gasteiger partial charge >= 0.3 is 0 Å². The molecule has 0 atom stereocenters. The molecule has 0 spiro atoms. The van der Waals surface area contributed by atoms with Crippen molar-refractivity contribution in [2.75, 3.05) is 0 Å². The average Bonchev–Trinajstić information content (AvgIpc) is 3.31. The molecule has 0 heterocycles. The van der Waals surface area contributed by atoms with Crippen molar-refractivity contribution in [1.82, 2.24) is 0 Å². The number of hydrogen-bond acceptors (Lipinski definition) is 0. The van der Waals surface area contributed by atoms with E-state index in [1.165, 1.54) is 148 Å². The van der Waals surface area contributed by atoms with E-state index in [9.17, 15) is 0 Å². The fourth-order valence-electron chi connectivity index (χ4n) is 12.4. The van der Waals surface area contributed by atoms with E-state index in [1.54, 1.807) is 0 Å². The summed E-state index contributed by atoms with van der Waals surface area (Å²) in [6.07, 6.45) is 1.92. The van der Waals surface area contributed by atoms with Crippen LogP contribution in [0.4, 0.5) is 0 Å². The van der Waals surface area contributed by atoms with Gasteiger partial charge in [-0.25, -0.2) is 0 Å². The lowest BCUT2D eigenvalue weighted by Gasteiger charge is -2.31. The number of fused-ring (bicyclic) bond motifs is 3. The molecule has 11 aromatic carbocycles. The van der Waals surface area contributed by atoms with E-state index in [2.05, 4.69) is 217 Å². The highest BCUT2D eigenvalue weighted by Crippen LogP contribution is 2.49. The van der Waals surface area contributed by atoms with Gasteiger partial charge in [-0.1, -0.05) is 220 Å². The summed E-state index contributed by atoms with van der Waals surface area (Å²) in [5.74, 6) is 0. The summed E-state index contributed by atoms with van der Waals surface area (Å²) in [6, 6.07) is 67.2. The first-order chi connectivity index (χ1) is 31.7. The summed E-state index contributed by atoms with van der Waals surface area (Å²) in [5, 5.41) is 13.2. The first-order valence-electron chi connectivity index (χ1n) is 23.4. The second-order valence-electron chi connectivity index (χ2n) is 19.0. The van der Waals surface area contributed by atoms with Crippen LogP contribution in [0.3, 0.4) is 0 Å². The third-order valence-corrected chi connectivity index (χ3v) is 14.9. The Morgan fingerprint density at radius 2 is 0.677 bits per heavy atom. The lowest BCUT2D eigenvalue weighted by molar-refractivity contribution is 0.976. The van der Waals surface area contributed by atoms with Crippen molar-refractivity contribution < 1.29 is 0 Å². The van der Waals surface area contributed by atoms with Gasteiger partial charge in [-0.15, -0.1) is 0 Å². The highest BCUT2D eigenvalue weighted by Gasteiger charge is 2.34. The molecule has 0 aliphatic heterocycles. The minimum atomic E-state index is 0.0416. The number of hydrogen-bond donors (Lipinski definition) is 0. The van der Waals surface area contributed by atoms with Crippen LogP contribution in [0.15, 0.2) is 176 Å². The van der Waals surface area contributed by atoms with Crippen LogP contribution in [0.25, 0.3) is 87.2 Å². The van der Waals surface area contributed by atoms with Gasteiger partial charge in [-0.3, -0.25) is 0 Å². The topological polar surface area (TPSA) is 0 Å². The SMILES string of the molecule is Cc1cc(C)c(B(c2cc(-c3cccc4ccccc34)c3ccc4c(-c5cccc6ccccc56)cc(-c5cccc6ccccc56)c5c4c3c2CC5)c2c(C)cc(C)cc2C)c(C)c1. The maximum Gasteiger partial charge on any atom is 0.242 e. The smallest absolute Gasteiger partial charge is 0.0642 e. The van der Waals surface area contributed by atoms with E-state index in [1.807, 2.05) is 0 Å². The maximum absolute atomic E-state index is 2.64. The summed E-state index contributed by atoms with van der Waals surface area (Å²) in [5.41, 5.74) is 23.1. The monoisotopic (exact) mass is 830 g/mol. The Hall–Kier alpha value is -7.22. The Labute approximate surface area is 383 Å². The average molecular weight is 831 g/mol. The highest BCUT2D eigenvalue weighted by atomic mass is 14.3. The molecule has 0 N–H and O–H groups in total. The zero-order valence-electron chi connectivity index (χ0n) is 38.2. The molecule has 1 aliphatic carbocycles. The quantitative estimate of drug-likeness (QED) is 0.116. The molecule has 310 valence electrons. The van der Waals surface area contributed by atoms with Crippen molar-refractivity contribution in [2.24, 2.45) is 0 Å². The van der Waals surface area contributed by atoms with Gasteiger partial charge in [0.05, 0.1) is 0 Å². The Kier molecular flexibility index (Phi) is 9.22. The Bertz CT molecular complexity index is 3670. The molecule has 1 heteroatoms. The first-order valence-corrected chi connectivity index (χ1v) is 23.4. The molecular formula is C64H51B. The molecule has 0 aromatic heterocycles. The Morgan fingerprint density at radius 1 is 0.308 bits per heavy atom. The minimum Gasteiger partial charge on any atom is -0.0642 e. The lowest BCUT2D eigenvalue weighted by atomic mass is 9.33. The van der Waals surface area contributed by atoms with Crippen LogP contribution in [0.5, 0.6) is 0 Å². The molecule has 1 aliphatic rings. The van der Waals surface area contributed by atoms with Crippen LogP contribution < -0.4 is 16.4 Å². The number of benzene rings is 11. The zero-order chi connectivity index (χ0) is 44.1.